The largest absolute Gasteiger partial charge is 0.384 e. The molecule has 86 valence electrons. The van der Waals surface area contributed by atoms with Crippen LogP contribution >= 0.6 is 0 Å². The molecular formula is C10H19N3O2. The maximum Gasteiger partial charge on any atom is 0.126 e. The standard InChI is InChI=1S/C10H19N3O2/c1-5-10(3,15-6-2)9(14)8-7-11-12-13(8)4/h7,9,14H,5-6H2,1-4H3. The van der Waals surface area contributed by atoms with Gasteiger partial charge in [-0.15, -0.1) is 5.10 Å². The van der Waals surface area contributed by atoms with Crippen LogP contribution in [0.2, 0.25) is 0 Å². The van der Waals surface area contributed by atoms with Gasteiger partial charge in [-0.05, 0) is 20.3 Å². The van der Waals surface area contributed by atoms with Crippen molar-refractivity contribution in [1.82, 2.24) is 15.0 Å². The predicted octanol–water partition coefficient (Wildman–Crippen LogP) is 1.05. The molecule has 1 heterocycles. The van der Waals surface area contributed by atoms with Crippen molar-refractivity contribution in [2.45, 2.75) is 38.9 Å². The van der Waals surface area contributed by atoms with E-state index >= 15 is 0 Å². The van der Waals surface area contributed by atoms with E-state index in [4.69, 9.17) is 4.74 Å². The summed E-state index contributed by atoms with van der Waals surface area (Å²) < 4.78 is 7.17. The minimum absolute atomic E-state index is 0.576. The molecule has 1 N–H and O–H groups in total. The zero-order valence-electron chi connectivity index (χ0n) is 9.77. The van der Waals surface area contributed by atoms with Gasteiger partial charge in [-0.1, -0.05) is 12.1 Å². The molecule has 0 spiro atoms. The number of ether oxygens (including phenoxy) is 1. The minimum atomic E-state index is -0.706. The zero-order valence-corrected chi connectivity index (χ0v) is 9.77. The van der Waals surface area contributed by atoms with Gasteiger partial charge in [-0.3, -0.25) is 0 Å². The molecule has 0 aromatic carbocycles. The third kappa shape index (κ3) is 2.35. The molecule has 1 rings (SSSR count). The lowest BCUT2D eigenvalue weighted by Gasteiger charge is -2.32. The highest BCUT2D eigenvalue weighted by Crippen LogP contribution is 2.31. The summed E-state index contributed by atoms with van der Waals surface area (Å²) in [4.78, 5) is 0. The lowest BCUT2D eigenvalue weighted by Crippen LogP contribution is -2.36. The number of nitrogens with zero attached hydrogens (tertiary/aromatic N) is 3. The van der Waals surface area contributed by atoms with Crippen molar-refractivity contribution < 1.29 is 9.84 Å². The molecule has 2 unspecified atom stereocenters. The Bertz CT molecular complexity index is 313. The minimum Gasteiger partial charge on any atom is -0.384 e. The fourth-order valence-corrected chi connectivity index (χ4v) is 1.56. The van der Waals surface area contributed by atoms with Gasteiger partial charge < -0.3 is 9.84 Å². The molecule has 0 fully saturated rings. The highest BCUT2D eigenvalue weighted by Gasteiger charge is 2.35. The van der Waals surface area contributed by atoms with Gasteiger partial charge in [0, 0.05) is 13.7 Å². The Hall–Kier alpha value is -0.940. The van der Waals surface area contributed by atoms with Crippen LogP contribution in [0, 0.1) is 0 Å². The van der Waals surface area contributed by atoms with E-state index in [2.05, 4.69) is 10.3 Å². The van der Waals surface area contributed by atoms with Gasteiger partial charge >= 0.3 is 0 Å². The van der Waals surface area contributed by atoms with Crippen molar-refractivity contribution in [2.24, 2.45) is 7.05 Å². The SMILES string of the molecule is CCOC(C)(CC)C(O)c1cnnn1C. The van der Waals surface area contributed by atoms with E-state index in [0.29, 0.717) is 12.3 Å². The molecule has 5 nitrogen and oxygen atoms in total. The first-order chi connectivity index (χ1) is 7.05. The lowest BCUT2D eigenvalue weighted by atomic mass is 9.93. The molecule has 2 atom stereocenters. The second kappa shape index (κ2) is 4.72. The molecule has 0 saturated heterocycles. The van der Waals surface area contributed by atoms with Crippen LogP contribution < -0.4 is 0 Å². The van der Waals surface area contributed by atoms with E-state index in [9.17, 15) is 5.11 Å². The first-order valence-electron chi connectivity index (χ1n) is 5.21. The number of aromatic nitrogens is 3. The Balaban J connectivity index is 2.91. The van der Waals surface area contributed by atoms with Crippen LogP contribution in [0.5, 0.6) is 0 Å². The third-order valence-electron chi connectivity index (χ3n) is 2.78. The number of rotatable bonds is 5. The highest BCUT2D eigenvalue weighted by atomic mass is 16.5. The van der Waals surface area contributed by atoms with E-state index < -0.39 is 11.7 Å². The predicted molar refractivity (Wildman–Crippen MR) is 56.3 cm³/mol. The molecule has 0 aliphatic carbocycles. The van der Waals surface area contributed by atoms with Gasteiger partial charge in [0.05, 0.1) is 17.5 Å². The maximum absolute atomic E-state index is 10.2. The smallest absolute Gasteiger partial charge is 0.126 e. The van der Waals surface area contributed by atoms with Gasteiger partial charge in [0.1, 0.15) is 6.10 Å². The van der Waals surface area contributed by atoms with Gasteiger partial charge in [0.2, 0.25) is 0 Å². The van der Waals surface area contributed by atoms with E-state index in [1.807, 2.05) is 20.8 Å². The summed E-state index contributed by atoms with van der Waals surface area (Å²) in [7, 11) is 1.76. The molecule has 15 heavy (non-hydrogen) atoms. The van der Waals surface area contributed by atoms with E-state index in [1.165, 1.54) is 0 Å². The lowest BCUT2D eigenvalue weighted by molar-refractivity contribution is -0.115. The van der Waals surface area contributed by atoms with Crippen molar-refractivity contribution >= 4 is 0 Å². The van der Waals surface area contributed by atoms with Crippen LogP contribution in [0.3, 0.4) is 0 Å². The first kappa shape index (κ1) is 12.1. The summed E-state index contributed by atoms with van der Waals surface area (Å²) in [5.74, 6) is 0. The summed E-state index contributed by atoms with van der Waals surface area (Å²) in [6, 6.07) is 0. The molecule has 0 radical (unpaired) electrons. The molecule has 5 heteroatoms. The molecule has 1 aromatic heterocycles. The molecule has 1 aromatic rings. The van der Waals surface area contributed by atoms with Crippen LogP contribution in [0.25, 0.3) is 0 Å². The average molecular weight is 213 g/mol. The van der Waals surface area contributed by atoms with Gasteiger partial charge in [0.15, 0.2) is 0 Å². The Morgan fingerprint density at radius 3 is 2.67 bits per heavy atom. The number of aryl methyl sites for hydroxylation is 1. The van der Waals surface area contributed by atoms with Crippen molar-refractivity contribution in [3.05, 3.63) is 11.9 Å². The first-order valence-corrected chi connectivity index (χ1v) is 5.21. The Kier molecular flexibility index (Phi) is 3.82. The second-order valence-electron chi connectivity index (χ2n) is 3.78. The summed E-state index contributed by atoms with van der Waals surface area (Å²) in [6.07, 6.45) is 1.59. The molecular weight excluding hydrogens is 194 g/mol. The van der Waals surface area contributed by atoms with Crippen LogP contribution in [0.1, 0.15) is 39.0 Å². The fraction of sp³-hybridized carbons (Fsp3) is 0.800. The van der Waals surface area contributed by atoms with Crippen molar-refractivity contribution in [3.63, 3.8) is 0 Å². The van der Waals surface area contributed by atoms with Gasteiger partial charge in [-0.25, -0.2) is 4.68 Å². The van der Waals surface area contributed by atoms with Crippen LogP contribution in [0.15, 0.2) is 6.20 Å². The molecule has 0 aliphatic rings. The highest BCUT2D eigenvalue weighted by molar-refractivity contribution is 5.05. The maximum atomic E-state index is 10.2. The quantitative estimate of drug-likeness (QED) is 0.794. The van der Waals surface area contributed by atoms with E-state index in [1.54, 1.807) is 17.9 Å². The third-order valence-corrected chi connectivity index (χ3v) is 2.78. The van der Waals surface area contributed by atoms with Crippen LogP contribution in [0.4, 0.5) is 0 Å². The topological polar surface area (TPSA) is 60.2 Å². The fourth-order valence-electron chi connectivity index (χ4n) is 1.56. The Morgan fingerprint density at radius 1 is 1.60 bits per heavy atom. The molecule has 0 bridgehead atoms. The number of aliphatic hydroxyl groups excluding tert-OH is 1. The van der Waals surface area contributed by atoms with Gasteiger partial charge in [0.25, 0.3) is 0 Å². The summed E-state index contributed by atoms with van der Waals surface area (Å²) in [5.41, 5.74) is 0.0947. The molecule has 0 aliphatic heterocycles. The number of aliphatic hydroxyl groups is 1. The molecule has 0 amide bonds. The normalized spacial score (nSPS) is 17.4. The molecule has 0 saturated carbocycles. The average Bonchev–Trinajstić information content (AvgIpc) is 2.63. The zero-order chi connectivity index (χ0) is 11.5. The summed E-state index contributed by atoms with van der Waals surface area (Å²) >= 11 is 0. The van der Waals surface area contributed by atoms with Crippen molar-refractivity contribution in [1.29, 1.82) is 0 Å². The number of hydrogen-bond donors (Lipinski definition) is 1. The Morgan fingerprint density at radius 2 is 2.27 bits per heavy atom. The van der Waals surface area contributed by atoms with E-state index in [0.717, 1.165) is 6.42 Å². The van der Waals surface area contributed by atoms with Gasteiger partial charge in [-0.2, -0.15) is 0 Å². The van der Waals surface area contributed by atoms with Crippen molar-refractivity contribution in [3.8, 4) is 0 Å². The summed E-state index contributed by atoms with van der Waals surface area (Å²) in [5, 5.41) is 17.8. The van der Waals surface area contributed by atoms with E-state index in [-0.39, 0.29) is 0 Å². The monoisotopic (exact) mass is 213 g/mol. The van der Waals surface area contributed by atoms with Crippen molar-refractivity contribution in [2.75, 3.05) is 6.61 Å². The van der Waals surface area contributed by atoms with Crippen LogP contribution in [-0.4, -0.2) is 32.3 Å². The second-order valence-corrected chi connectivity index (χ2v) is 3.78. The summed E-state index contributed by atoms with van der Waals surface area (Å²) in [6.45, 7) is 6.38. The van der Waals surface area contributed by atoms with Crippen LogP contribution in [-0.2, 0) is 11.8 Å². The Labute approximate surface area is 90.1 Å². The number of hydrogen-bond acceptors (Lipinski definition) is 4.